The van der Waals surface area contributed by atoms with Crippen molar-refractivity contribution in [3.05, 3.63) is 35.9 Å². The van der Waals surface area contributed by atoms with Crippen molar-refractivity contribution in [2.75, 3.05) is 20.1 Å². The van der Waals surface area contributed by atoms with Crippen LogP contribution in [0, 0.1) is 0 Å². The van der Waals surface area contributed by atoms with Gasteiger partial charge >= 0.3 is 12.0 Å². The van der Waals surface area contributed by atoms with Crippen molar-refractivity contribution in [3.63, 3.8) is 0 Å². The molecule has 19 heavy (non-hydrogen) atoms. The Morgan fingerprint density at radius 1 is 1.26 bits per heavy atom. The Labute approximate surface area is 113 Å². The maximum absolute atomic E-state index is 11.6. The minimum Gasteiger partial charge on any atom is -0.481 e. The SMILES string of the molecule is CN(CCCc1ccccc1)C(=O)NCCC(=O)O. The summed E-state index contributed by atoms with van der Waals surface area (Å²) in [6.07, 6.45) is 1.75. The van der Waals surface area contributed by atoms with E-state index in [1.165, 1.54) is 5.56 Å². The van der Waals surface area contributed by atoms with Gasteiger partial charge in [0.1, 0.15) is 0 Å². The Bertz CT molecular complexity index is 406. The number of hydrogen-bond donors (Lipinski definition) is 2. The largest absolute Gasteiger partial charge is 0.481 e. The summed E-state index contributed by atoms with van der Waals surface area (Å²) >= 11 is 0. The molecule has 0 unspecified atom stereocenters. The van der Waals surface area contributed by atoms with Gasteiger partial charge in [-0.15, -0.1) is 0 Å². The van der Waals surface area contributed by atoms with Crippen LogP contribution in [0.3, 0.4) is 0 Å². The first-order valence-corrected chi connectivity index (χ1v) is 6.34. The first-order chi connectivity index (χ1) is 9.09. The zero-order chi connectivity index (χ0) is 14.1. The summed E-state index contributed by atoms with van der Waals surface area (Å²) in [7, 11) is 1.71. The maximum atomic E-state index is 11.6. The molecular formula is C14H20N2O3. The number of amides is 2. The van der Waals surface area contributed by atoms with E-state index in [2.05, 4.69) is 17.4 Å². The van der Waals surface area contributed by atoms with Crippen molar-refractivity contribution in [1.82, 2.24) is 10.2 Å². The summed E-state index contributed by atoms with van der Waals surface area (Å²) in [4.78, 5) is 23.5. The predicted octanol–water partition coefficient (Wildman–Crippen LogP) is 1.74. The highest BCUT2D eigenvalue weighted by Gasteiger charge is 2.07. The number of aliphatic carboxylic acids is 1. The molecule has 0 aromatic heterocycles. The highest BCUT2D eigenvalue weighted by atomic mass is 16.4. The fourth-order valence-corrected chi connectivity index (χ4v) is 1.68. The van der Waals surface area contributed by atoms with Gasteiger partial charge in [-0.2, -0.15) is 0 Å². The van der Waals surface area contributed by atoms with E-state index in [-0.39, 0.29) is 19.0 Å². The van der Waals surface area contributed by atoms with Crippen LogP contribution in [0.5, 0.6) is 0 Å². The Morgan fingerprint density at radius 3 is 2.58 bits per heavy atom. The lowest BCUT2D eigenvalue weighted by molar-refractivity contribution is -0.136. The topological polar surface area (TPSA) is 69.6 Å². The summed E-state index contributed by atoms with van der Waals surface area (Å²) in [6, 6.07) is 9.87. The van der Waals surface area contributed by atoms with Crippen LogP contribution in [-0.2, 0) is 11.2 Å². The second-order valence-electron chi connectivity index (χ2n) is 4.39. The molecule has 0 atom stereocenters. The molecule has 1 aromatic carbocycles. The molecule has 0 radical (unpaired) electrons. The molecule has 0 spiro atoms. The maximum Gasteiger partial charge on any atom is 0.317 e. The summed E-state index contributed by atoms with van der Waals surface area (Å²) in [6.45, 7) is 0.811. The minimum absolute atomic E-state index is 0.0520. The van der Waals surface area contributed by atoms with Crippen LogP contribution in [0.1, 0.15) is 18.4 Å². The Balaban J connectivity index is 2.18. The highest BCUT2D eigenvalue weighted by molar-refractivity contribution is 5.74. The van der Waals surface area contributed by atoms with E-state index in [4.69, 9.17) is 5.11 Å². The van der Waals surface area contributed by atoms with E-state index in [1.807, 2.05) is 18.2 Å². The van der Waals surface area contributed by atoms with Crippen LogP contribution in [0.25, 0.3) is 0 Å². The summed E-state index contributed by atoms with van der Waals surface area (Å²) in [5.41, 5.74) is 1.25. The fourth-order valence-electron chi connectivity index (χ4n) is 1.68. The molecule has 2 N–H and O–H groups in total. The second-order valence-corrected chi connectivity index (χ2v) is 4.39. The molecule has 5 heteroatoms. The van der Waals surface area contributed by atoms with Gasteiger partial charge in [-0.1, -0.05) is 30.3 Å². The van der Waals surface area contributed by atoms with Crippen LogP contribution >= 0.6 is 0 Å². The molecule has 0 saturated heterocycles. The number of nitrogens with zero attached hydrogens (tertiary/aromatic N) is 1. The standard InChI is InChI=1S/C14H20N2O3/c1-16(14(19)15-10-9-13(17)18)11-5-8-12-6-3-2-4-7-12/h2-4,6-7H,5,8-11H2,1H3,(H,15,19)(H,17,18). The lowest BCUT2D eigenvalue weighted by Crippen LogP contribution is -2.38. The van der Waals surface area contributed by atoms with Crippen molar-refractivity contribution in [3.8, 4) is 0 Å². The summed E-state index contributed by atoms with van der Waals surface area (Å²) < 4.78 is 0. The third-order valence-electron chi connectivity index (χ3n) is 2.76. The number of carbonyl (C=O) groups excluding carboxylic acids is 1. The van der Waals surface area contributed by atoms with Crippen LogP contribution in [0.4, 0.5) is 4.79 Å². The van der Waals surface area contributed by atoms with Gasteiger partial charge in [-0.3, -0.25) is 4.79 Å². The number of hydrogen-bond acceptors (Lipinski definition) is 2. The average Bonchev–Trinajstić information content (AvgIpc) is 2.39. The van der Waals surface area contributed by atoms with Crippen molar-refractivity contribution in [2.24, 2.45) is 0 Å². The number of nitrogens with one attached hydrogen (secondary N) is 1. The molecule has 0 aliphatic rings. The summed E-state index contributed by atoms with van der Waals surface area (Å²) in [5.74, 6) is -0.910. The number of carboxylic acids is 1. The Morgan fingerprint density at radius 2 is 1.95 bits per heavy atom. The van der Waals surface area contributed by atoms with E-state index in [9.17, 15) is 9.59 Å². The van der Waals surface area contributed by atoms with Crippen LogP contribution < -0.4 is 5.32 Å². The predicted molar refractivity (Wildman–Crippen MR) is 73.0 cm³/mol. The molecule has 0 aliphatic heterocycles. The van der Waals surface area contributed by atoms with Gasteiger partial charge in [-0.05, 0) is 18.4 Å². The van der Waals surface area contributed by atoms with Gasteiger partial charge in [0.15, 0.2) is 0 Å². The van der Waals surface area contributed by atoms with Crippen LogP contribution in [0.15, 0.2) is 30.3 Å². The van der Waals surface area contributed by atoms with Crippen molar-refractivity contribution >= 4 is 12.0 Å². The van der Waals surface area contributed by atoms with E-state index in [1.54, 1.807) is 11.9 Å². The van der Waals surface area contributed by atoms with Crippen molar-refractivity contribution in [1.29, 1.82) is 0 Å². The second kappa shape index (κ2) is 8.13. The number of benzene rings is 1. The third kappa shape index (κ3) is 6.45. The normalized spacial score (nSPS) is 9.95. The molecule has 0 aliphatic carbocycles. The number of aryl methyl sites for hydroxylation is 1. The van der Waals surface area contributed by atoms with Crippen LogP contribution in [0.2, 0.25) is 0 Å². The van der Waals surface area contributed by atoms with E-state index >= 15 is 0 Å². The third-order valence-corrected chi connectivity index (χ3v) is 2.76. The number of urea groups is 1. The van der Waals surface area contributed by atoms with Gasteiger partial charge < -0.3 is 15.3 Å². The molecule has 1 rings (SSSR count). The average molecular weight is 264 g/mol. The van der Waals surface area contributed by atoms with Crippen molar-refractivity contribution < 1.29 is 14.7 Å². The molecule has 0 heterocycles. The van der Waals surface area contributed by atoms with E-state index in [0.717, 1.165) is 12.8 Å². The smallest absolute Gasteiger partial charge is 0.317 e. The van der Waals surface area contributed by atoms with Gasteiger partial charge in [0.2, 0.25) is 0 Å². The first-order valence-electron chi connectivity index (χ1n) is 6.34. The Hall–Kier alpha value is -2.04. The molecule has 0 saturated carbocycles. The molecule has 104 valence electrons. The quantitative estimate of drug-likeness (QED) is 0.788. The molecule has 5 nitrogen and oxygen atoms in total. The fraction of sp³-hybridized carbons (Fsp3) is 0.429. The van der Waals surface area contributed by atoms with Gasteiger partial charge in [0.05, 0.1) is 6.42 Å². The van der Waals surface area contributed by atoms with Crippen molar-refractivity contribution in [2.45, 2.75) is 19.3 Å². The first kappa shape index (κ1) is 15.0. The highest BCUT2D eigenvalue weighted by Crippen LogP contribution is 2.03. The molecule has 1 aromatic rings. The number of carbonyl (C=O) groups is 2. The molecule has 2 amide bonds. The van der Waals surface area contributed by atoms with Crippen LogP contribution in [-0.4, -0.2) is 42.1 Å². The van der Waals surface area contributed by atoms with Gasteiger partial charge in [0, 0.05) is 20.1 Å². The molecule has 0 fully saturated rings. The zero-order valence-electron chi connectivity index (χ0n) is 11.1. The lowest BCUT2D eigenvalue weighted by Gasteiger charge is -2.17. The van der Waals surface area contributed by atoms with Gasteiger partial charge in [-0.25, -0.2) is 4.79 Å². The lowest BCUT2D eigenvalue weighted by atomic mass is 10.1. The Kier molecular flexibility index (Phi) is 6.43. The zero-order valence-corrected chi connectivity index (χ0v) is 11.1. The van der Waals surface area contributed by atoms with E-state index in [0.29, 0.717) is 6.54 Å². The van der Waals surface area contributed by atoms with E-state index < -0.39 is 5.97 Å². The number of carboxylic acid groups (broad SMARTS) is 1. The monoisotopic (exact) mass is 264 g/mol. The molecule has 0 bridgehead atoms. The summed E-state index contributed by atoms with van der Waals surface area (Å²) in [5, 5.41) is 11.0. The minimum atomic E-state index is -0.910. The molecular weight excluding hydrogens is 244 g/mol. The van der Waals surface area contributed by atoms with Gasteiger partial charge in [0.25, 0.3) is 0 Å². The number of rotatable bonds is 7.